The van der Waals surface area contributed by atoms with E-state index in [1.54, 1.807) is 6.08 Å². The molecule has 1 aliphatic rings. The molecule has 0 fully saturated rings. The minimum atomic E-state index is -0.198. The van der Waals surface area contributed by atoms with E-state index in [4.69, 9.17) is 0 Å². The molecule has 0 N–H and O–H groups in total. The molecule has 1 aliphatic carbocycles. The van der Waals surface area contributed by atoms with Crippen LogP contribution in [0.3, 0.4) is 0 Å². The van der Waals surface area contributed by atoms with Crippen molar-refractivity contribution in [1.29, 1.82) is 0 Å². The summed E-state index contributed by atoms with van der Waals surface area (Å²) >= 11 is 0. The minimum absolute atomic E-state index is 0.198. The fraction of sp³-hybridized carbons (Fsp3) is 0.643. The second-order valence-electron chi connectivity index (χ2n) is 4.73. The molecule has 15 heavy (non-hydrogen) atoms. The summed E-state index contributed by atoms with van der Waals surface area (Å²) in [6.45, 7) is 8.38. The minimum Gasteiger partial charge on any atom is -0.294 e. The van der Waals surface area contributed by atoms with Crippen LogP contribution in [0.5, 0.6) is 0 Å². The molecule has 0 spiro atoms. The van der Waals surface area contributed by atoms with Crippen LogP contribution in [0.25, 0.3) is 0 Å². The maximum absolute atomic E-state index is 12.2. The molecule has 0 saturated carbocycles. The Morgan fingerprint density at radius 2 is 2.27 bits per heavy atom. The number of ketones is 1. The zero-order valence-corrected chi connectivity index (χ0v) is 10.3. The lowest BCUT2D eigenvalue weighted by atomic mass is 9.61. The SMILES string of the molecule is CC=CC(=O)C1(C)C(C)CC=CC1CC. The molecule has 0 heterocycles. The molecule has 1 nitrogen and oxygen atoms in total. The van der Waals surface area contributed by atoms with Gasteiger partial charge in [-0.1, -0.05) is 39.0 Å². The van der Waals surface area contributed by atoms with Crippen molar-refractivity contribution < 1.29 is 4.79 Å². The monoisotopic (exact) mass is 206 g/mol. The fourth-order valence-electron chi connectivity index (χ4n) is 2.57. The molecule has 3 atom stereocenters. The summed E-state index contributed by atoms with van der Waals surface area (Å²) in [5.41, 5.74) is -0.198. The van der Waals surface area contributed by atoms with E-state index in [2.05, 4.69) is 32.9 Å². The van der Waals surface area contributed by atoms with E-state index in [-0.39, 0.29) is 11.2 Å². The molecule has 1 heteroatoms. The van der Waals surface area contributed by atoms with Gasteiger partial charge < -0.3 is 0 Å². The van der Waals surface area contributed by atoms with Crippen molar-refractivity contribution in [2.24, 2.45) is 17.3 Å². The Hall–Kier alpha value is -0.850. The molecule has 0 saturated heterocycles. The van der Waals surface area contributed by atoms with Crippen LogP contribution in [-0.4, -0.2) is 5.78 Å². The van der Waals surface area contributed by atoms with E-state index in [9.17, 15) is 4.79 Å². The van der Waals surface area contributed by atoms with Crippen LogP contribution < -0.4 is 0 Å². The second-order valence-corrected chi connectivity index (χ2v) is 4.73. The van der Waals surface area contributed by atoms with E-state index in [1.165, 1.54) is 0 Å². The maximum Gasteiger partial charge on any atom is 0.162 e. The van der Waals surface area contributed by atoms with E-state index in [0.29, 0.717) is 11.8 Å². The van der Waals surface area contributed by atoms with Crippen molar-refractivity contribution in [3.8, 4) is 0 Å². The summed E-state index contributed by atoms with van der Waals surface area (Å²) in [6.07, 6.45) is 10.1. The first-order valence-corrected chi connectivity index (χ1v) is 5.91. The van der Waals surface area contributed by atoms with Gasteiger partial charge in [0.05, 0.1) is 0 Å². The maximum atomic E-state index is 12.2. The predicted molar refractivity (Wildman–Crippen MR) is 64.6 cm³/mol. The van der Waals surface area contributed by atoms with Gasteiger partial charge in [-0.25, -0.2) is 0 Å². The summed E-state index contributed by atoms with van der Waals surface area (Å²) in [5.74, 6) is 1.12. The van der Waals surface area contributed by atoms with E-state index >= 15 is 0 Å². The van der Waals surface area contributed by atoms with Gasteiger partial charge in [-0.05, 0) is 37.7 Å². The average Bonchev–Trinajstić information content (AvgIpc) is 2.22. The zero-order chi connectivity index (χ0) is 11.5. The normalized spacial score (nSPS) is 36.0. The smallest absolute Gasteiger partial charge is 0.162 e. The van der Waals surface area contributed by atoms with Crippen LogP contribution in [0.1, 0.15) is 40.5 Å². The lowest BCUT2D eigenvalue weighted by molar-refractivity contribution is -0.128. The van der Waals surface area contributed by atoms with Gasteiger partial charge in [0.25, 0.3) is 0 Å². The molecular weight excluding hydrogens is 184 g/mol. The highest BCUT2D eigenvalue weighted by Gasteiger charge is 2.43. The van der Waals surface area contributed by atoms with Gasteiger partial charge in [-0.3, -0.25) is 4.79 Å². The first-order valence-electron chi connectivity index (χ1n) is 5.91. The lowest BCUT2D eigenvalue weighted by Crippen LogP contribution is -2.41. The molecule has 0 amide bonds. The van der Waals surface area contributed by atoms with Crippen LogP contribution in [0, 0.1) is 17.3 Å². The molecule has 1 rings (SSSR count). The predicted octanol–water partition coefficient (Wildman–Crippen LogP) is 3.76. The van der Waals surface area contributed by atoms with Gasteiger partial charge in [0.2, 0.25) is 0 Å². The molecule has 3 unspecified atom stereocenters. The van der Waals surface area contributed by atoms with Crippen LogP contribution in [0.4, 0.5) is 0 Å². The third-order valence-corrected chi connectivity index (χ3v) is 3.94. The number of rotatable bonds is 3. The van der Waals surface area contributed by atoms with E-state index < -0.39 is 0 Å². The number of carbonyl (C=O) groups is 1. The number of hydrogen-bond acceptors (Lipinski definition) is 1. The summed E-state index contributed by atoms with van der Waals surface area (Å²) in [4.78, 5) is 12.2. The van der Waals surface area contributed by atoms with Crippen molar-refractivity contribution in [3.63, 3.8) is 0 Å². The molecule has 0 aromatic rings. The van der Waals surface area contributed by atoms with Gasteiger partial charge >= 0.3 is 0 Å². The molecule has 0 aromatic carbocycles. The van der Waals surface area contributed by atoms with Crippen LogP contribution in [-0.2, 0) is 4.79 Å². The first-order chi connectivity index (χ1) is 7.07. The highest BCUT2D eigenvalue weighted by molar-refractivity contribution is 5.95. The zero-order valence-electron chi connectivity index (χ0n) is 10.3. The van der Waals surface area contributed by atoms with Crippen LogP contribution >= 0.6 is 0 Å². The van der Waals surface area contributed by atoms with Crippen molar-refractivity contribution in [2.75, 3.05) is 0 Å². The highest BCUT2D eigenvalue weighted by atomic mass is 16.1. The third kappa shape index (κ3) is 2.06. The Labute approximate surface area is 93.3 Å². The van der Waals surface area contributed by atoms with Crippen molar-refractivity contribution >= 4 is 5.78 Å². The molecule has 84 valence electrons. The Balaban J connectivity index is 3.04. The lowest BCUT2D eigenvalue weighted by Gasteiger charge is -2.41. The molecule has 0 aromatic heterocycles. The van der Waals surface area contributed by atoms with Gasteiger partial charge in [0.15, 0.2) is 5.78 Å². The van der Waals surface area contributed by atoms with E-state index in [1.807, 2.05) is 13.0 Å². The molecular formula is C14H22O. The van der Waals surface area contributed by atoms with Crippen molar-refractivity contribution in [3.05, 3.63) is 24.3 Å². The summed E-state index contributed by atoms with van der Waals surface area (Å²) < 4.78 is 0. The van der Waals surface area contributed by atoms with Gasteiger partial charge in [-0.15, -0.1) is 0 Å². The van der Waals surface area contributed by atoms with Crippen molar-refractivity contribution in [1.82, 2.24) is 0 Å². The summed E-state index contributed by atoms with van der Waals surface area (Å²) in [7, 11) is 0. The van der Waals surface area contributed by atoms with Gasteiger partial charge in [0, 0.05) is 5.41 Å². The molecule has 0 aliphatic heterocycles. The Morgan fingerprint density at radius 3 is 2.80 bits per heavy atom. The number of allylic oxidation sites excluding steroid dienone is 4. The third-order valence-electron chi connectivity index (χ3n) is 3.94. The largest absolute Gasteiger partial charge is 0.294 e. The average molecular weight is 206 g/mol. The van der Waals surface area contributed by atoms with Gasteiger partial charge in [-0.2, -0.15) is 0 Å². The molecule has 0 radical (unpaired) electrons. The Bertz CT molecular complexity index is 288. The quantitative estimate of drug-likeness (QED) is 0.507. The summed E-state index contributed by atoms with van der Waals surface area (Å²) in [5, 5.41) is 0. The van der Waals surface area contributed by atoms with E-state index in [0.717, 1.165) is 12.8 Å². The summed E-state index contributed by atoms with van der Waals surface area (Å²) in [6, 6.07) is 0. The topological polar surface area (TPSA) is 17.1 Å². The second kappa shape index (κ2) is 4.78. The fourth-order valence-corrected chi connectivity index (χ4v) is 2.57. The number of hydrogen-bond donors (Lipinski definition) is 0. The van der Waals surface area contributed by atoms with Crippen LogP contribution in [0.15, 0.2) is 24.3 Å². The standard InChI is InChI=1S/C14H22O/c1-5-8-13(15)14(4)11(3)9-7-10-12(14)6-2/h5,7-8,10-12H,6,9H2,1-4H3. The van der Waals surface area contributed by atoms with Gasteiger partial charge in [0.1, 0.15) is 0 Å². The Kier molecular flexibility index (Phi) is 3.90. The first kappa shape index (κ1) is 12.2. The number of carbonyl (C=O) groups excluding carboxylic acids is 1. The molecule has 0 bridgehead atoms. The highest BCUT2D eigenvalue weighted by Crippen LogP contribution is 2.44. The van der Waals surface area contributed by atoms with Crippen LogP contribution in [0.2, 0.25) is 0 Å². The van der Waals surface area contributed by atoms with Crippen molar-refractivity contribution in [2.45, 2.75) is 40.5 Å². The Morgan fingerprint density at radius 1 is 1.60 bits per heavy atom.